The second-order valence-electron chi connectivity index (χ2n) is 4.30. The highest BCUT2D eigenvalue weighted by Crippen LogP contribution is 2.20. The Morgan fingerprint density at radius 2 is 2.00 bits per heavy atom. The molecule has 0 aliphatic heterocycles. The van der Waals surface area contributed by atoms with Crippen molar-refractivity contribution in [1.29, 1.82) is 0 Å². The first kappa shape index (κ1) is 14.6. The number of rotatable bonds is 6. The lowest BCUT2D eigenvalue weighted by molar-refractivity contribution is 0.0692. The standard InChI is InChI=1S/C13H19BrFNO/c1-3-13(16,4-2)9-17-8-10-7-11(15)5-6-12(10)14/h5-7H,3-4,8-9,16H2,1-2H3. The van der Waals surface area contributed by atoms with Crippen LogP contribution in [0.5, 0.6) is 0 Å². The van der Waals surface area contributed by atoms with Crippen LogP contribution in [0.1, 0.15) is 32.3 Å². The van der Waals surface area contributed by atoms with Gasteiger partial charge in [0.2, 0.25) is 0 Å². The minimum atomic E-state index is -0.278. The topological polar surface area (TPSA) is 35.2 Å². The average Bonchev–Trinajstić information content (AvgIpc) is 2.33. The van der Waals surface area contributed by atoms with Gasteiger partial charge in [0.1, 0.15) is 5.82 Å². The maximum atomic E-state index is 13.0. The van der Waals surface area contributed by atoms with Crippen LogP contribution in [0.15, 0.2) is 22.7 Å². The van der Waals surface area contributed by atoms with Crippen LogP contribution in [0.3, 0.4) is 0 Å². The maximum absolute atomic E-state index is 13.0. The van der Waals surface area contributed by atoms with Gasteiger partial charge in [-0.3, -0.25) is 0 Å². The summed E-state index contributed by atoms with van der Waals surface area (Å²) in [5, 5.41) is 0. The fraction of sp³-hybridized carbons (Fsp3) is 0.538. The third kappa shape index (κ3) is 4.37. The first-order valence-electron chi connectivity index (χ1n) is 5.81. The van der Waals surface area contributed by atoms with Crippen molar-refractivity contribution in [3.63, 3.8) is 0 Å². The van der Waals surface area contributed by atoms with Crippen LogP contribution in [-0.4, -0.2) is 12.1 Å². The Morgan fingerprint density at radius 3 is 2.59 bits per heavy atom. The molecule has 0 atom stereocenters. The van der Waals surface area contributed by atoms with Crippen molar-refractivity contribution in [3.05, 3.63) is 34.1 Å². The highest BCUT2D eigenvalue weighted by molar-refractivity contribution is 9.10. The quantitative estimate of drug-likeness (QED) is 0.871. The summed E-state index contributed by atoms with van der Waals surface area (Å²) < 4.78 is 19.5. The van der Waals surface area contributed by atoms with E-state index in [-0.39, 0.29) is 11.4 Å². The molecule has 0 amide bonds. The molecular formula is C13H19BrFNO. The van der Waals surface area contributed by atoms with Crippen LogP contribution in [0.4, 0.5) is 4.39 Å². The lowest BCUT2D eigenvalue weighted by atomic mass is 9.96. The van der Waals surface area contributed by atoms with Crippen molar-refractivity contribution in [3.8, 4) is 0 Å². The predicted molar refractivity (Wildman–Crippen MR) is 71.3 cm³/mol. The average molecular weight is 304 g/mol. The second-order valence-corrected chi connectivity index (χ2v) is 5.15. The molecule has 2 nitrogen and oxygen atoms in total. The van der Waals surface area contributed by atoms with Crippen LogP contribution in [0.25, 0.3) is 0 Å². The van der Waals surface area contributed by atoms with E-state index in [4.69, 9.17) is 10.5 Å². The van der Waals surface area contributed by atoms with E-state index in [1.54, 1.807) is 6.07 Å². The summed E-state index contributed by atoms with van der Waals surface area (Å²) in [6.45, 7) is 4.95. The minimum absolute atomic E-state index is 0.253. The summed E-state index contributed by atoms with van der Waals surface area (Å²) in [5.41, 5.74) is 6.65. The van der Waals surface area contributed by atoms with Crippen molar-refractivity contribution in [2.24, 2.45) is 5.73 Å². The van der Waals surface area contributed by atoms with Gasteiger partial charge in [0.25, 0.3) is 0 Å². The van der Waals surface area contributed by atoms with E-state index in [9.17, 15) is 4.39 Å². The van der Waals surface area contributed by atoms with E-state index >= 15 is 0 Å². The molecule has 1 aromatic rings. The first-order valence-corrected chi connectivity index (χ1v) is 6.60. The molecule has 0 fully saturated rings. The van der Waals surface area contributed by atoms with E-state index in [0.717, 1.165) is 22.9 Å². The van der Waals surface area contributed by atoms with Crippen LogP contribution in [0, 0.1) is 5.82 Å². The Bertz CT molecular complexity index is 366. The molecule has 0 heterocycles. The van der Waals surface area contributed by atoms with Crippen molar-refractivity contribution < 1.29 is 9.13 Å². The van der Waals surface area contributed by atoms with Crippen LogP contribution >= 0.6 is 15.9 Å². The molecule has 0 aliphatic carbocycles. The van der Waals surface area contributed by atoms with Gasteiger partial charge in [-0.25, -0.2) is 4.39 Å². The van der Waals surface area contributed by atoms with Crippen LogP contribution < -0.4 is 5.73 Å². The fourth-order valence-electron chi connectivity index (χ4n) is 1.47. The largest absolute Gasteiger partial charge is 0.375 e. The van der Waals surface area contributed by atoms with E-state index in [0.29, 0.717) is 13.2 Å². The highest BCUT2D eigenvalue weighted by Gasteiger charge is 2.20. The molecule has 1 aromatic carbocycles. The van der Waals surface area contributed by atoms with Gasteiger partial charge in [-0.2, -0.15) is 0 Å². The summed E-state index contributed by atoms with van der Waals surface area (Å²) >= 11 is 3.37. The van der Waals surface area contributed by atoms with Crippen molar-refractivity contribution in [2.75, 3.05) is 6.61 Å². The van der Waals surface area contributed by atoms with Gasteiger partial charge in [0, 0.05) is 10.0 Å². The molecule has 1 rings (SSSR count). The zero-order chi connectivity index (χ0) is 12.9. The molecule has 0 unspecified atom stereocenters. The van der Waals surface area contributed by atoms with Gasteiger partial charge < -0.3 is 10.5 Å². The molecule has 96 valence electrons. The number of halogens is 2. The van der Waals surface area contributed by atoms with Crippen molar-refractivity contribution in [2.45, 2.75) is 38.8 Å². The molecular weight excluding hydrogens is 285 g/mol. The molecule has 0 spiro atoms. The Balaban J connectivity index is 2.53. The molecule has 0 saturated heterocycles. The SMILES string of the molecule is CCC(N)(CC)COCc1cc(F)ccc1Br. The summed E-state index contributed by atoms with van der Waals surface area (Å²) in [6.07, 6.45) is 1.74. The Labute approximate surface area is 110 Å². The molecule has 0 aliphatic rings. The normalized spacial score (nSPS) is 11.8. The zero-order valence-electron chi connectivity index (χ0n) is 10.3. The maximum Gasteiger partial charge on any atom is 0.123 e. The van der Waals surface area contributed by atoms with Gasteiger partial charge >= 0.3 is 0 Å². The molecule has 17 heavy (non-hydrogen) atoms. The molecule has 4 heteroatoms. The molecule has 0 aromatic heterocycles. The van der Waals surface area contributed by atoms with Gasteiger partial charge in [0.05, 0.1) is 13.2 Å². The Hall–Kier alpha value is -0.450. The van der Waals surface area contributed by atoms with Crippen molar-refractivity contribution in [1.82, 2.24) is 0 Å². The number of hydrogen-bond donors (Lipinski definition) is 1. The van der Waals surface area contributed by atoms with Gasteiger partial charge in [0.15, 0.2) is 0 Å². The fourth-order valence-corrected chi connectivity index (χ4v) is 1.83. The van der Waals surface area contributed by atoms with Crippen molar-refractivity contribution >= 4 is 15.9 Å². The third-order valence-electron chi connectivity index (χ3n) is 3.06. The number of benzene rings is 1. The summed E-state index contributed by atoms with van der Waals surface area (Å²) in [4.78, 5) is 0. The summed E-state index contributed by atoms with van der Waals surface area (Å²) in [5.74, 6) is -0.253. The summed E-state index contributed by atoms with van der Waals surface area (Å²) in [7, 11) is 0. The van der Waals surface area contributed by atoms with E-state index in [1.165, 1.54) is 12.1 Å². The summed E-state index contributed by atoms with van der Waals surface area (Å²) in [6, 6.07) is 4.57. The molecule has 0 radical (unpaired) electrons. The second kappa shape index (κ2) is 6.47. The van der Waals surface area contributed by atoms with E-state index in [1.807, 2.05) is 13.8 Å². The molecule has 2 N–H and O–H groups in total. The first-order chi connectivity index (χ1) is 8.00. The van der Waals surface area contributed by atoms with E-state index < -0.39 is 0 Å². The highest BCUT2D eigenvalue weighted by atomic mass is 79.9. The van der Waals surface area contributed by atoms with Gasteiger partial charge in [-0.05, 0) is 36.6 Å². The molecule has 0 saturated carbocycles. The Kier molecular flexibility index (Phi) is 5.56. The molecule has 0 bridgehead atoms. The number of ether oxygens (including phenoxy) is 1. The lowest BCUT2D eigenvalue weighted by Gasteiger charge is -2.26. The monoisotopic (exact) mass is 303 g/mol. The zero-order valence-corrected chi connectivity index (χ0v) is 11.9. The third-order valence-corrected chi connectivity index (χ3v) is 3.84. The number of hydrogen-bond acceptors (Lipinski definition) is 2. The minimum Gasteiger partial charge on any atom is -0.375 e. The Morgan fingerprint density at radius 1 is 1.35 bits per heavy atom. The van der Waals surface area contributed by atoms with E-state index in [2.05, 4.69) is 15.9 Å². The predicted octanol–water partition coefficient (Wildman–Crippen LogP) is 3.62. The van der Waals surface area contributed by atoms with Gasteiger partial charge in [-0.1, -0.05) is 29.8 Å². The van der Waals surface area contributed by atoms with Crippen LogP contribution in [-0.2, 0) is 11.3 Å². The lowest BCUT2D eigenvalue weighted by Crippen LogP contribution is -2.43. The van der Waals surface area contributed by atoms with Gasteiger partial charge in [-0.15, -0.1) is 0 Å². The number of nitrogens with two attached hydrogens (primary N) is 1. The van der Waals surface area contributed by atoms with Crippen LogP contribution in [0.2, 0.25) is 0 Å². The smallest absolute Gasteiger partial charge is 0.123 e.